The largest absolute Gasteiger partial charge is 0.472 e. The molecule has 1 unspecified atom stereocenters. The average Bonchev–Trinajstić information content (AvgIpc) is 2.53. The monoisotopic (exact) mass is 338 g/mol. The third-order valence-corrected chi connectivity index (χ3v) is 3.36. The zero-order valence-corrected chi connectivity index (χ0v) is 13.5. The zero-order chi connectivity index (χ0) is 16.8. The van der Waals surface area contributed by atoms with Gasteiger partial charge in [0, 0.05) is 11.1 Å². The quantitative estimate of drug-likeness (QED) is 0.754. The molecule has 1 aromatic heterocycles. The minimum atomic E-state index is -0.694. The first-order chi connectivity index (χ1) is 11.0. The summed E-state index contributed by atoms with van der Waals surface area (Å²) in [6.07, 6.45) is 2.76. The molecule has 23 heavy (non-hydrogen) atoms. The molecule has 1 atom stereocenters. The molecule has 0 saturated carbocycles. The molecule has 2 rings (SSSR count). The highest BCUT2D eigenvalue weighted by Crippen LogP contribution is 2.24. The van der Waals surface area contributed by atoms with E-state index in [0.29, 0.717) is 5.56 Å². The second-order valence-electron chi connectivity index (χ2n) is 4.76. The maximum atomic E-state index is 14.6. The summed E-state index contributed by atoms with van der Waals surface area (Å²) >= 11 is 5.71. The van der Waals surface area contributed by atoms with Crippen LogP contribution in [0.4, 0.5) is 4.39 Å². The van der Waals surface area contributed by atoms with Gasteiger partial charge < -0.3 is 9.47 Å². The Labute approximate surface area is 138 Å². The van der Waals surface area contributed by atoms with Crippen molar-refractivity contribution in [1.29, 1.82) is 0 Å². The maximum absolute atomic E-state index is 14.6. The minimum absolute atomic E-state index is 0.0513. The molecule has 0 aliphatic carbocycles. The molecule has 0 bridgehead atoms. The van der Waals surface area contributed by atoms with Crippen LogP contribution in [-0.2, 0) is 16.1 Å². The molecule has 122 valence electrons. The van der Waals surface area contributed by atoms with E-state index >= 15 is 0 Å². The van der Waals surface area contributed by atoms with Gasteiger partial charge in [0.2, 0.25) is 5.88 Å². The van der Waals surface area contributed by atoms with Crippen molar-refractivity contribution in [1.82, 2.24) is 9.97 Å². The van der Waals surface area contributed by atoms with Gasteiger partial charge in [-0.1, -0.05) is 29.8 Å². The van der Waals surface area contributed by atoms with E-state index in [2.05, 4.69) is 9.97 Å². The van der Waals surface area contributed by atoms with Gasteiger partial charge in [0.05, 0.1) is 24.9 Å². The number of ether oxygens (including phenoxy) is 2. The van der Waals surface area contributed by atoms with E-state index in [1.807, 2.05) is 0 Å². The van der Waals surface area contributed by atoms with Gasteiger partial charge in [-0.25, -0.2) is 4.39 Å². The van der Waals surface area contributed by atoms with E-state index in [9.17, 15) is 9.18 Å². The Balaban J connectivity index is 2.14. The lowest BCUT2D eigenvalue weighted by Crippen LogP contribution is -2.15. The predicted octanol–water partition coefficient (Wildman–Crippen LogP) is 3.51. The normalized spacial score (nSPS) is 11.8. The SMILES string of the molecule is CCOC(=O)C(C)c1cccc(COc2cncc(Cl)n2)c1F. The first-order valence-corrected chi connectivity index (χ1v) is 7.45. The van der Waals surface area contributed by atoms with Crippen molar-refractivity contribution in [3.8, 4) is 5.88 Å². The average molecular weight is 339 g/mol. The van der Waals surface area contributed by atoms with Crippen molar-refractivity contribution in [3.63, 3.8) is 0 Å². The van der Waals surface area contributed by atoms with Gasteiger partial charge in [0.15, 0.2) is 5.15 Å². The molecule has 0 radical (unpaired) electrons. The zero-order valence-electron chi connectivity index (χ0n) is 12.8. The fraction of sp³-hybridized carbons (Fsp3) is 0.312. The number of carbonyl (C=O) groups excluding carboxylic acids is 1. The van der Waals surface area contributed by atoms with Gasteiger partial charge in [-0.15, -0.1) is 0 Å². The van der Waals surface area contributed by atoms with Crippen LogP contribution in [0.5, 0.6) is 5.88 Å². The summed E-state index contributed by atoms with van der Waals surface area (Å²) in [4.78, 5) is 19.5. The van der Waals surface area contributed by atoms with Crippen molar-refractivity contribution < 1.29 is 18.7 Å². The van der Waals surface area contributed by atoms with Crippen LogP contribution in [0, 0.1) is 5.82 Å². The van der Waals surface area contributed by atoms with Crippen molar-refractivity contribution >= 4 is 17.6 Å². The van der Waals surface area contributed by atoms with E-state index in [1.165, 1.54) is 12.4 Å². The van der Waals surface area contributed by atoms with Crippen LogP contribution in [0.3, 0.4) is 0 Å². The number of nitrogens with zero attached hydrogens (tertiary/aromatic N) is 2. The van der Waals surface area contributed by atoms with Crippen LogP contribution < -0.4 is 4.74 Å². The maximum Gasteiger partial charge on any atom is 0.313 e. The molecule has 0 saturated heterocycles. The van der Waals surface area contributed by atoms with Crippen molar-refractivity contribution in [2.75, 3.05) is 6.61 Å². The number of hydrogen-bond acceptors (Lipinski definition) is 5. The molecule has 0 spiro atoms. The molecule has 0 amide bonds. The van der Waals surface area contributed by atoms with Gasteiger partial charge in [0.25, 0.3) is 0 Å². The molecule has 2 aromatic rings. The van der Waals surface area contributed by atoms with E-state index in [1.54, 1.807) is 32.0 Å². The summed E-state index contributed by atoms with van der Waals surface area (Å²) in [5.41, 5.74) is 0.571. The van der Waals surface area contributed by atoms with Gasteiger partial charge in [0.1, 0.15) is 12.4 Å². The lowest BCUT2D eigenvalue weighted by molar-refractivity contribution is -0.144. The Bertz CT molecular complexity index is 697. The van der Waals surface area contributed by atoms with E-state index in [4.69, 9.17) is 21.1 Å². The summed E-state index contributed by atoms with van der Waals surface area (Å²) in [7, 11) is 0. The van der Waals surface area contributed by atoms with E-state index < -0.39 is 17.7 Å². The lowest BCUT2D eigenvalue weighted by Gasteiger charge is -2.14. The summed E-state index contributed by atoms with van der Waals surface area (Å²) in [6.45, 7) is 3.51. The number of benzene rings is 1. The summed E-state index contributed by atoms with van der Waals surface area (Å²) in [5, 5.41) is 0.188. The summed E-state index contributed by atoms with van der Waals surface area (Å²) in [6, 6.07) is 4.80. The smallest absolute Gasteiger partial charge is 0.313 e. The number of aromatic nitrogens is 2. The number of carbonyl (C=O) groups is 1. The number of rotatable bonds is 6. The summed E-state index contributed by atoms with van der Waals surface area (Å²) < 4.78 is 24.9. The molecule has 0 aliphatic rings. The molecule has 0 N–H and O–H groups in total. The predicted molar refractivity (Wildman–Crippen MR) is 82.8 cm³/mol. The Kier molecular flexibility index (Phi) is 5.87. The minimum Gasteiger partial charge on any atom is -0.472 e. The Morgan fingerprint density at radius 3 is 2.87 bits per heavy atom. The highest BCUT2D eigenvalue weighted by atomic mass is 35.5. The third kappa shape index (κ3) is 4.39. The van der Waals surface area contributed by atoms with E-state index in [-0.39, 0.29) is 29.8 Å². The third-order valence-electron chi connectivity index (χ3n) is 3.17. The fourth-order valence-corrected chi connectivity index (χ4v) is 2.13. The van der Waals surface area contributed by atoms with Crippen LogP contribution in [0.15, 0.2) is 30.6 Å². The first kappa shape index (κ1) is 17.1. The molecule has 0 aliphatic heterocycles. The van der Waals surface area contributed by atoms with Crippen LogP contribution in [0.25, 0.3) is 0 Å². The standard InChI is InChI=1S/C16H16ClFN2O3/c1-3-22-16(21)10(2)12-6-4-5-11(15(12)18)9-23-14-8-19-7-13(17)20-14/h4-8,10H,3,9H2,1-2H3. The highest BCUT2D eigenvalue weighted by Gasteiger charge is 2.21. The van der Waals surface area contributed by atoms with Crippen LogP contribution in [0.1, 0.15) is 30.9 Å². The topological polar surface area (TPSA) is 61.3 Å². The van der Waals surface area contributed by atoms with Crippen LogP contribution in [0.2, 0.25) is 5.15 Å². The molecule has 0 fully saturated rings. The second kappa shape index (κ2) is 7.87. The Morgan fingerprint density at radius 2 is 2.17 bits per heavy atom. The molecule has 1 heterocycles. The molecule has 1 aromatic carbocycles. The van der Waals surface area contributed by atoms with Gasteiger partial charge in [-0.2, -0.15) is 4.98 Å². The van der Waals surface area contributed by atoms with Crippen LogP contribution in [-0.4, -0.2) is 22.5 Å². The van der Waals surface area contributed by atoms with Crippen molar-refractivity contribution in [2.45, 2.75) is 26.4 Å². The molecular formula is C16H16ClFN2O3. The molecule has 7 heteroatoms. The Hall–Kier alpha value is -2.21. The Morgan fingerprint density at radius 1 is 1.39 bits per heavy atom. The number of halogens is 2. The second-order valence-corrected chi connectivity index (χ2v) is 5.15. The van der Waals surface area contributed by atoms with Gasteiger partial charge in [-0.3, -0.25) is 9.78 Å². The van der Waals surface area contributed by atoms with E-state index in [0.717, 1.165) is 0 Å². The number of esters is 1. The molecule has 5 nitrogen and oxygen atoms in total. The first-order valence-electron chi connectivity index (χ1n) is 7.07. The summed E-state index contributed by atoms with van der Waals surface area (Å²) in [5.74, 6) is -1.46. The molecular weight excluding hydrogens is 323 g/mol. The highest BCUT2D eigenvalue weighted by molar-refractivity contribution is 6.29. The van der Waals surface area contributed by atoms with Gasteiger partial charge >= 0.3 is 5.97 Å². The van der Waals surface area contributed by atoms with Crippen molar-refractivity contribution in [2.24, 2.45) is 0 Å². The van der Waals surface area contributed by atoms with Crippen molar-refractivity contribution in [3.05, 3.63) is 52.7 Å². The van der Waals surface area contributed by atoms with Crippen LogP contribution >= 0.6 is 11.6 Å². The fourth-order valence-electron chi connectivity index (χ4n) is 1.99. The number of hydrogen-bond donors (Lipinski definition) is 0. The van der Waals surface area contributed by atoms with Gasteiger partial charge in [-0.05, 0) is 13.8 Å². The lowest BCUT2D eigenvalue weighted by atomic mass is 9.98.